The standard InChI is InChI=1S/C13H19N/c1-3-12(8-9-14)10-13-7-5-4-6-11(13)2/h3,10-11,13H,1,4-8H2,2H3. The molecule has 0 aromatic rings. The van der Waals surface area contributed by atoms with Crippen molar-refractivity contribution >= 4 is 0 Å². The third kappa shape index (κ3) is 3.03. The van der Waals surface area contributed by atoms with Gasteiger partial charge in [-0.1, -0.05) is 44.9 Å². The summed E-state index contributed by atoms with van der Waals surface area (Å²) >= 11 is 0. The van der Waals surface area contributed by atoms with Crippen molar-refractivity contribution in [2.45, 2.75) is 39.0 Å². The largest absolute Gasteiger partial charge is 0.198 e. The molecule has 2 unspecified atom stereocenters. The van der Waals surface area contributed by atoms with E-state index in [1.165, 1.54) is 25.7 Å². The van der Waals surface area contributed by atoms with Gasteiger partial charge >= 0.3 is 0 Å². The first-order valence-corrected chi connectivity index (χ1v) is 5.48. The third-order valence-corrected chi connectivity index (χ3v) is 3.15. The molecule has 0 bridgehead atoms. The maximum Gasteiger partial charge on any atom is 0.0669 e. The Morgan fingerprint density at radius 3 is 2.79 bits per heavy atom. The number of rotatable bonds is 3. The van der Waals surface area contributed by atoms with Gasteiger partial charge in [-0.3, -0.25) is 0 Å². The number of nitriles is 1. The highest BCUT2D eigenvalue weighted by Gasteiger charge is 2.19. The second kappa shape index (κ2) is 5.65. The van der Waals surface area contributed by atoms with Gasteiger partial charge in [0.05, 0.1) is 12.5 Å². The lowest BCUT2D eigenvalue weighted by molar-refractivity contribution is 0.305. The quantitative estimate of drug-likeness (QED) is 0.619. The van der Waals surface area contributed by atoms with Gasteiger partial charge in [0.25, 0.3) is 0 Å². The summed E-state index contributed by atoms with van der Waals surface area (Å²) in [5.74, 6) is 1.45. The zero-order valence-electron chi connectivity index (χ0n) is 9.00. The first kappa shape index (κ1) is 11.0. The summed E-state index contributed by atoms with van der Waals surface area (Å²) < 4.78 is 0. The Hall–Kier alpha value is -1.03. The lowest BCUT2D eigenvalue weighted by Crippen LogP contribution is -2.14. The van der Waals surface area contributed by atoms with E-state index in [1.54, 1.807) is 0 Å². The van der Waals surface area contributed by atoms with Gasteiger partial charge in [-0.05, 0) is 23.8 Å². The Balaban J connectivity index is 2.62. The molecule has 0 saturated heterocycles. The van der Waals surface area contributed by atoms with Crippen molar-refractivity contribution in [2.75, 3.05) is 0 Å². The smallest absolute Gasteiger partial charge is 0.0669 e. The van der Waals surface area contributed by atoms with Crippen molar-refractivity contribution in [3.8, 4) is 6.07 Å². The van der Waals surface area contributed by atoms with Crippen LogP contribution in [0.15, 0.2) is 24.3 Å². The molecule has 2 atom stereocenters. The summed E-state index contributed by atoms with van der Waals surface area (Å²) in [5, 5.41) is 8.62. The zero-order valence-corrected chi connectivity index (χ0v) is 9.00. The van der Waals surface area contributed by atoms with Crippen LogP contribution in [0.2, 0.25) is 0 Å². The summed E-state index contributed by atoms with van der Waals surface area (Å²) in [6.07, 6.45) is 9.91. The molecule has 1 nitrogen and oxygen atoms in total. The van der Waals surface area contributed by atoms with E-state index in [9.17, 15) is 0 Å². The van der Waals surface area contributed by atoms with E-state index in [1.807, 2.05) is 6.08 Å². The molecular formula is C13H19N. The van der Waals surface area contributed by atoms with Crippen LogP contribution in [0.25, 0.3) is 0 Å². The van der Waals surface area contributed by atoms with Gasteiger partial charge < -0.3 is 0 Å². The number of nitrogens with zero attached hydrogens (tertiary/aromatic N) is 1. The molecule has 0 spiro atoms. The van der Waals surface area contributed by atoms with Crippen LogP contribution in [0.4, 0.5) is 0 Å². The average Bonchev–Trinajstić information content (AvgIpc) is 2.20. The lowest BCUT2D eigenvalue weighted by atomic mass is 9.79. The molecule has 0 radical (unpaired) electrons. The molecule has 1 fully saturated rings. The molecular weight excluding hydrogens is 170 g/mol. The van der Waals surface area contributed by atoms with Crippen LogP contribution in [-0.2, 0) is 0 Å². The second-order valence-corrected chi connectivity index (χ2v) is 4.21. The van der Waals surface area contributed by atoms with E-state index < -0.39 is 0 Å². The maximum absolute atomic E-state index is 8.62. The van der Waals surface area contributed by atoms with Crippen LogP contribution in [0, 0.1) is 23.2 Å². The van der Waals surface area contributed by atoms with E-state index in [2.05, 4.69) is 25.6 Å². The Bertz CT molecular complexity index is 257. The minimum absolute atomic E-state index is 0.507. The monoisotopic (exact) mass is 189 g/mol. The molecule has 0 aromatic carbocycles. The average molecular weight is 189 g/mol. The molecule has 1 aliphatic rings. The summed E-state index contributed by atoms with van der Waals surface area (Å²) in [6, 6.07) is 2.18. The van der Waals surface area contributed by atoms with Crippen molar-refractivity contribution in [2.24, 2.45) is 11.8 Å². The van der Waals surface area contributed by atoms with Crippen molar-refractivity contribution in [3.05, 3.63) is 24.3 Å². The molecule has 1 saturated carbocycles. The van der Waals surface area contributed by atoms with E-state index in [0.717, 1.165) is 11.5 Å². The fourth-order valence-electron chi connectivity index (χ4n) is 2.16. The van der Waals surface area contributed by atoms with Crippen LogP contribution < -0.4 is 0 Å². The highest BCUT2D eigenvalue weighted by molar-refractivity contribution is 5.21. The summed E-state index contributed by atoms with van der Waals surface area (Å²) in [4.78, 5) is 0. The van der Waals surface area contributed by atoms with Crippen LogP contribution in [-0.4, -0.2) is 0 Å². The summed E-state index contributed by atoms with van der Waals surface area (Å²) in [7, 11) is 0. The molecule has 0 heterocycles. The van der Waals surface area contributed by atoms with Gasteiger partial charge in [0, 0.05) is 0 Å². The molecule has 1 rings (SSSR count). The van der Waals surface area contributed by atoms with Crippen molar-refractivity contribution < 1.29 is 0 Å². The zero-order chi connectivity index (χ0) is 10.4. The highest BCUT2D eigenvalue weighted by atomic mass is 14.3. The van der Waals surface area contributed by atoms with E-state index in [4.69, 9.17) is 5.26 Å². The number of hydrogen-bond acceptors (Lipinski definition) is 1. The SMILES string of the molecule is C=CC(=CC1CCCCC1C)CC#N. The van der Waals surface area contributed by atoms with Crippen molar-refractivity contribution in [3.63, 3.8) is 0 Å². The van der Waals surface area contributed by atoms with Crippen LogP contribution >= 0.6 is 0 Å². The molecule has 14 heavy (non-hydrogen) atoms. The Kier molecular flexibility index (Phi) is 4.46. The molecule has 0 amide bonds. The first-order chi connectivity index (χ1) is 6.77. The van der Waals surface area contributed by atoms with Crippen LogP contribution in [0.1, 0.15) is 39.0 Å². The van der Waals surface area contributed by atoms with Gasteiger partial charge in [0.2, 0.25) is 0 Å². The molecule has 1 heteroatoms. The van der Waals surface area contributed by atoms with Gasteiger partial charge in [0.15, 0.2) is 0 Å². The van der Waals surface area contributed by atoms with Gasteiger partial charge in [-0.15, -0.1) is 0 Å². The van der Waals surface area contributed by atoms with E-state index in [0.29, 0.717) is 12.3 Å². The number of allylic oxidation sites excluding steroid dienone is 3. The summed E-state index contributed by atoms with van der Waals surface area (Å²) in [5.41, 5.74) is 1.10. The van der Waals surface area contributed by atoms with E-state index in [-0.39, 0.29) is 0 Å². The second-order valence-electron chi connectivity index (χ2n) is 4.21. The third-order valence-electron chi connectivity index (χ3n) is 3.15. The summed E-state index contributed by atoms with van der Waals surface area (Å²) in [6.45, 7) is 6.06. The van der Waals surface area contributed by atoms with Crippen LogP contribution in [0.3, 0.4) is 0 Å². The van der Waals surface area contributed by atoms with E-state index >= 15 is 0 Å². The normalized spacial score (nSPS) is 28.1. The minimum Gasteiger partial charge on any atom is -0.198 e. The van der Waals surface area contributed by atoms with Crippen molar-refractivity contribution in [1.29, 1.82) is 5.26 Å². The molecule has 0 N–H and O–H groups in total. The maximum atomic E-state index is 8.62. The van der Waals surface area contributed by atoms with Crippen LogP contribution in [0.5, 0.6) is 0 Å². The van der Waals surface area contributed by atoms with Gasteiger partial charge in [0.1, 0.15) is 0 Å². The minimum atomic E-state index is 0.507. The highest BCUT2D eigenvalue weighted by Crippen LogP contribution is 2.31. The fourth-order valence-corrected chi connectivity index (χ4v) is 2.16. The Morgan fingerprint density at radius 1 is 1.50 bits per heavy atom. The predicted octanol–water partition coefficient (Wildman–Crippen LogP) is 3.84. The molecule has 0 aliphatic heterocycles. The fraction of sp³-hybridized carbons (Fsp3) is 0.615. The topological polar surface area (TPSA) is 23.8 Å². The Labute approximate surface area is 87.1 Å². The van der Waals surface area contributed by atoms with Crippen molar-refractivity contribution in [1.82, 2.24) is 0 Å². The lowest BCUT2D eigenvalue weighted by Gasteiger charge is -2.26. The molecule has 1 aliphatic carbocycles. The Morgan fingerprint density at radius 2 is 2.21 bits per heavy atom. The first-order valence-electron chi connectivity index (χ1n) is 5.48. The molecule has 76 valence electrons. The molecule has 0 aromatic heterocycles. The number of hydrogen-bond donors (Lipinski definition) is 0. The van der Waals surface area contributed by atoms with Gasteiger partial charge in [-0.2, -0.15) is 5.26 Å². The predicted molar refractivity (Wildman–Crippen MR) is 59.6 cm³/mol. The van der Waals surface area contributed by atoms with Gasteiger partial charge in [-0.25, -0.2) is 0 Å².